The average molecular weight is 349 g/mol. The Balaban J connectivity index is 2.12. The van der Waals surface area contributed by atoms with Crippen LogP contribution >= 0.6 is 15.9 Å². The molecule has 5 heteroatoms. The lowest BCUT2D eigenvalue weighted by molar-refractivity contribution is 0.0934. The summed E-state index contributed by atoms with van der Waals surface area (Å²) in [6.45, 7) is 3.79. The van der Waals surface area contributed by atoms with Crippen molar-refractivity contribution in [3.8, 4) is 5.75 Å². The number of carbonyl (C=O) groups excluding carboxylic acids is 1. The highest BCUT2D eigenvalue weighted by Crippen LogP contribution is 2.28. The molecule has 0 radical (unpaired) electrons. The Kier molecular flexibility index (Phi) is 4.96. The zero-order valence-corrected chi connectivity index (χ0v) is 13.8. The number of aromatic nitrogens is 1. The largest absolute Gasteiger partial charge is 0.496 e. The maximum Gasteiger partial charge on any atom is 0.270 e. The summed E-state index contributed by atoms with van der Waals surface area (Å²) in [4.78, 5) is 16.4. The summed E-state index contributed by atoms with van der Waals surface area (Å²) >= 11 is 3.45. The molecule has 1 heterocycles. The van der Waals surface area contributed by atoms with Gasteiger partial charge in [0, 0.05) is 5.69 Å². The van der Waals surface area contributed by atoms with Crippen molar-refractivity contribution in [2.45, 2.75) is 19.9 Å². The molecule has 1 unspecified atom stereocenters. The number of hydrogen-bond donors (Lipinski definition) is 1. The van der Waals surface area contributed by atoms with Crippen molar-refractivity contribution in [3.63, 3.8) is 0 Å². The lowest BCUT2D eigenvalue weighted by atomic mass is 10.1. The molecular formula is C16H17BrN2O2. The lowest BCUT2D eigenvalue weighted by Crippen LogP contribution is -2.27. The van der Waals surface area contributed by atoms with Gasteiger partial charge in [-0.25, -0.2) is 4.98 Å². The van der Waals surface area contributed by atoms with E-state index in [9.17, 15) is 4.79 Å². The van der Waals surface area contributed by atoms with Gasteiger partial charge in [-0.15, -0.1) is 0 Å². The van der Waals surface area contributed by atoms with Gasteiger partial charge in [-0.2, -0.15) is 0 Å². The summed E-state index contributed by atoms with van der Waals surface area (Å²) in [5, 5.41) is 2.94. The molecule has 21 heavy (non-hydrogen) atoms. The highest BCUT2D eigenvalue weighted by Gasteiger charge is 2.13. The van der Waals surface area contributed by atoms with Crippen LogP contribution in [0.25, 0.3) is 0 Å². The molecule has 0 bridgehead atoms. The molecule has 0 aliphatic carbocycles. The number of rotatable bonds is 4. The smallest absolute Gasteiger partial charge is 0.270 e. The number of benzene rings is 1. The number of amides is 1. The SMILES string of the molecule is COc1ccc(C(C)NC(=O)c2cccc(C)n2)cc1Br. The van der Waals surface area contributed by atoms with Gasteiger partial charge in [0.1, 0.15) is 11.4 Å². The minimum absolute atomic E-state index is 0.123. The Hall–Kier alpha value is -1.88. The van der Waals surface area contributed by atoms with Crippen LogP contribution in [0.5, 0.6) is 5.75 Å². The fourth-order valence-electron chi connectivity index (χ4n) is 1.98. The molecule has 0 spiro atoms. The number of methoxy groups -OCH3 is 1. The molecule has 0 saturated carbocycles. The van der Waals surface area contributed by atoms with Gasteiger partial charge in [-0.05, 0) is 59.6 Å². The predicted octanol–water partition coefficient (Wildman–Crippen LogP) is 3.65. The number of hydrogen-bond acceptors (Lipinski definition) is 3. The standard InChI is InChI=1S/C16H17BrN2O2/c1-10-5-4-6-14(18-10)16(20)19-11(2)12-7-8-15(21-3)13(17)9-12/h4-9,11H,1-3H3,(H,19,20). The van der Waals surface area contributed by atoms with Gasteiger partial charge < -0.3 is 10.1 Å². The number of nitrogens with one attached hydrogen (secondary N) is 1. The van der Waals surface area contributed by atoms with Gasteiger partial charge in [-0.1, -0.05) is 12.1 Å². The van der Waals surface area contributed by atoms with Crippen molar-refractivity contribution in [3.05, 3.63) is 57.8 Å². The molecular weight excluding hydrogens is 332 g/mol. The van der Waals surface area contributed by atoms with E-state index in [0.29, 0.717) is 5.69 Å². The van der Waals surface area contributed by atoms with Gasteiger partial charge >= 0.3 is 0 Å². The number of nitrogens with zero attached hydrogens (tertiary/aromatic N) is 1. The minimum atomic E-state index is -0.182. The van der Waals surface area contributed by atoms with Gasteiger partial charge in [0.2, 0.25) is 0 Å². The quantitative estimate of drug-likeness (QED) is 0.917. The van der Waals surface area contributed by atoms with Gasteiger partial charge in [0.25, 0.3) is 5.91 Å². The third-order valence-electron chi connectivity index (χ3n) is 3.14. The van der Waals surface area contributed by atoms with Gasteiger partial charge in [0.05, 0.1) is 17.6 Å². The van der Waals surface area contributed by atoms with E-state index >= 15 is 0 Å². The zero-order valence-electron chi connectivity index (χ0n) is 12.2. The van der Waals surface area contributed by atoms with Crippen molar-refractivity contribution in [2.75, 3.05) is 7.11 Å². The first kappa shape index (κ1) is 15.5. The predicted molar refractivity (Wildman–Crippen MR) is 85.5 cm³/mol. The molecule has 0 saturated heterocycles. The molecule has 4 nitrogen and oxygen atoms in total. The average Bonchev–Trinajstić information content (AvgIpc) is 2.47. The van der Waals surface area contributed by atoms with Crippen LogP contribution in [0.3, 0.4) is 0 Å². The van der Waals surface area contributed by atoms with E-state index in [1.807, 2.05) is 44.2 Å². The third-order valence-corrected chi connectivity index (χ3v) is 3.76. The van der Waals surface area contributed by atoms with Crippen LogP contribution in [-0.4, -0.2) is 18.0 Å². The molecule has 0 aliphatic heterocycles. The van der Waals surface area contributed by atoms with Crippen LogP contribution in [0.2, 0.25) is 0 Å². The summed E-state index contributed by atoms with van der Waals surface area (Å²) < 4.78 is 6.06. The number of aryl methyl sites for hydroxylation is 1. The minimum Gasteiger partial charge on any atom is -0.496 e. The van der Waals surface area contributed by atoms with Gasteiger partial charge in [0.15, 0.2) is 0 Å². The van der Waals surface area contributed by atoms with E-state index < -0.39 is 0 Å². The van der Waals surface area contributed by atoms with E-state index in [0.717, 1.165) is 21.5 Å². The van der Waals surface area contributed by atoms with Gasteiger partial charge in [-0.3, -0.25) is 4.79 Å². The molecule has 1 aromatic carbocycles. The van der Waals surface area contributed by atoms with Crippen LogP contribution in [0.4, 0.5) is 0 Å². The number of carbonyl (C=O) groups is 1. The Labute approximate surface area is 132 Å². The second-order valence-electron chi connectivity index (χ2n) is 4.75. The molecule has 1 aromatic heterocycles. The molecule has 0 fully saturated rings. The molecule has 2 aromatic rings. The maximum absolute atomic E-state index is 12.2. The van der Waals surface area contributed by atoms with Crippen molar-refractivity contribution in [1.29, 1.82) is 0 Å². The van der Waals surface area contributed by atoms with Crippen molar-refractivity contribution in [2.24, 2.45) is 0 Å². The van der Waals surface area contributed by atoms with E-state index in [4.69, 9.17) is 4.74 Å². The fraction of sp³-hybridized carbons (Fsp3) is 0.250. The van der Waals surface area contributed by atoms with E-state index in [1.54, 1.807) is 13.2 Å². The van der Waals surface area contributed by atoms with Crippen LogP contribution in [0.15, 0.2) is 40.9 Å². The maximum atomic E-state index is 12.2. The highest BCUT2D eigenvalue weighted by molar-refractivity contribution is 9.10. The zero-order chi connectivity index (χ0) is 15.4. The molecule has 1 amide bonds. The fourth-order valence-corrected chi connectivity index (χ4v) is 2.53. The summed E-state index contributed by atoms with van der Waals surface area (Å²) in [5.74, 6) is 0.579. The molecule has 110 valence electrons. The number of pyridine rings is 1. The summed E-state index contributed by atoms with van der Waals surface area (Å²) in [6.07, 6.45) is 0. The Morgan fingerprint density at radius 3 is 2.71 bits per heavy atom. The van der Waals surface area contributed by atoms with Crippen LogP contribution in [0, 0.1) is 6.92 Å². The number of halogens is 1. The molecule has 1 N–H and O–H groups in total. The highest BCUT2D eigenvalue weighted by atomic mass is 79.9. The first-order valence-corrected chi connectivity index (χ1v) is 7.38. The Morgan fingerprint density at radius 1 is 1.33 bits per heavy atom. The summed E-state index contributed by atoms with van der Waals surface area (Å²) in [6, 6.07) is 11.0. The Morgan fingerprint density at radius 2 is 2.10 bits per heavy atom. The molecule has 2 rings (SSSR count). The first-order chi connectivity index (χ1) is 10.0. The van der Waals surface area contributed by atoms with Crippen LogP contribution < -0.4 is 10.1 Å². The third kappa shape index (κ3) is 3.82. The Bertz CT molecular complexity index is 658. The van der Waals surface area contributed by atoms with E-state index in [-0.39, 0.29) is 11.9 Å². The lowest BCUT2D eigenvalue weighted by Gasteiger charge is -2.15. The van der Waals surface area contributed by atoms with Crippen molar-refractivity contribution >= 4 is 21.8 Å². The second-order valence-corrected chi connectivity index (χ2v) is 5.61. The molecule has 1 atom stereocenters. The van der Waals surface area contributed by atoms with Crippen molar-refractivity contribution < 1.29 is 9.53 Å². The summed E-state index contributed by atoms with van der Waals surface area (Å²) in [7, 11) is 1.62. The van der Waals surface area contributed by atoms with Crippen LogP contribution in [-0.2, 0) is 0 Å². The van der Waals surface area contributed by atoms with E-state index in [1.165, 1.54) is 0 Å². The topological polar surface area (TPSA) is 51.2 Å². The first-order valence-electron chi connectivity index (χ1n) is 6.59. The molecule has 0 aliphatic rings. The van der Waals surface area contributed by atoms with Crippen molar-refractivity contribution in [1.82, 2.24) is 10.3 Å². The van der Waals surface area contributed by atoms with Crippen LogP contribution in [0.1, 0.15) is 34.7 Å². The number of ether oxygens (including phenoxy) is 1. The second kappa shape index (κ2) is 6.72. The summed E-state index contributed by atoms with van der Waals surface area (Å²) in [5.41, 5.74) is 2.24. The normalized spacial score (nSPS) is 11.8. The van der Waals surface area contributed by atoms with E-state index in [2.05, 4.69) is 26.2 Å². The monoisotopic (exact) mass is 348 g/mol.